The number of carbonyl (C=O) groups is 1. The molecule has 1 atom stereocenters. The maximum atomic E-state index is 12.2. The molecule has 6 heteroatoms. The Morgan fingerprint density at radius 1 is 1.50 bits per heavy atom. The van der Waals surface area contributed by atoms with Gasteiger partial charge in [0.2, 0.25) is 5.91 Å². The lowest BCUT2D eigenvalue weighted by Gasteiger charge is -2.15. The Morgan fingerprint density at radius 2 is 2.25 bits per heavy atom. The summed E-state index contributed by atoms with van der Waals surface area (Å²) in [7, 11) is 0. The van der Waals surface area contributed by atoms with E-state index < -0.39 is 0 Å². The molecular weight excluding hydrogens is 272 g/mol. The molecule has 20 heavy (non-hydrogen) atoms. The van der Waals surface area contributed by atoms with Gasteiger partial charge in [-0.3, -0.25) is 4.79 Å². The molecule has 1 aromatic heterocycles. The van der Waals surface area contributed by atoms with Crippen LogP contribution >= 0.6 is 12.2 Å². The van der Waals surface area contributed by atoms with Gasteiger partial charge in [-0.15, -0.1) is 0 Å². The number of hydrogen-bond acceptors (Lipinski definition) is 3. The summed E-state index contributed by atoms with van der Waals surface area (Å²) in [4.78, 5) is 16.6. The number of nitrogens with two attached hydrogens (primary N) is 1. The van der Waals surface area contributed by atoms with Crippen LogP contribution in [0, 0.1) is 6.92 Å². The number of nitrogens with one attached hydrogen (secondary N) is 1. The number of aryl methyl sites for hydroxylation is 1. The first-order valence-electron chi connectivity index (χ1n) is 6.19. The minimum Gasteiger partial charge on any atom is -0.389 e. The van der Waals surface area contributed by atoms with Gasteiger partial charge >= 0.3 is 0 Å². The molecule has 0 spiro atoms. The van der Waals surface area contributed by atoms with Gasteiger partial charge in [0.25, 0.3) is 0 Å². The monoisotopic (exact) mass is 288 g/mol. The van der Waals surface area contributed by atoms with Crippen molar-refractivity contribution in [2.75, 3.05) is 5.32 Å². The molecule has 0 saturated heterocycles. The second-order valence-electron chi connectivity index (χ2n) is 4.49. The van der Waals surface area contributed by atoms with Gasteiger partial charge in [-0.05, 0) is 26.0 Å². The van der Waals surface area contributed by atoms with E-state index >= 15 is 0 Å². The maximum Gasteiger partial charge on any atom is 0.247 e. The predicted octanol–water partition coefficient (Wildman–Crippen LogP) is 2.03. The molecule has 0 radical (unpaired) electrons. The van der Waals surface area contributed by atoms with Crippen LogP contribution in [-0.2, 0) is 4.79 Å². The van der Waals surface area contributed by atoms with Gasteiger partial charge in [0, 0.05) is 23.6 Å². The fourth-order valence-corrected chi connectivity index (χ4v) is 2.05. The van der Waals surface area contributed by atoms with Gasteiger partial charge in [-0.25, -0.2) is 4.98 Å². The smallest absolute Gasteiger partial charge is 0.247 e. The highest BCUT2D eigenvalue weighted by molar-refractivity contribution is 7.80. The van der Waals surface area contributed by atoms with Crippen molar-refractivity contribution in [3.63, 3.8) is 0 Å². The molecule has 1 aromatic carbocycles. The lowest BCUT2D eigenvalue weighted by Crippen LogP contribution is -2.24. The second kappa shape index (κ2) is 5.83. The van der Waals surface area contributed by atoms with Crippen LogP contribution in [0.15, 0.2) is 36.7 Å². The standard InChI is InChI=1S/C14H16N4OS/c1-9(18-7-6-16-10(18)2)14(19)17-12-5-3-4-11(8-12)13(15)20/h3-9H,1-2H3,(H2,15,20)(H,17,19). The predicted molar refractivity (Wildman–Crippen MR) is 82.6 cm³/mol. The van der Waals surface area contributed by atoms with Crippen LogP contribution in [-0.4, -0.2) is 20.4 Å². The first-order chi connectivity index (χ1) is 9.49. The highest BCUT2D eigenvalue weighted by Gasteiger charge is 2.16. The molecular formula is C14H16N4OS. The first-order valence-corrected chi connectivity index (χ1v) is 6.60. The number of aromatic nitrogens is 2. The topological polar surface area (TPSA) is 72.9 Å². The molecule has 2 rings (SSSR count). The van der Waals surface area contributed by atoms with Crippen molar-refractivity contribution in [2.45, 2.75) is 19.9 Å². The van der Waals surface area contributed by atoms with E-state index in [-0.39, 0.29) is 11.9 Å². The lowest BCUT2D eigenvalue weighted by atomic mass is 10.2. The molecule has 104 valence electrons. The third-order valence-corrected chi connectivity index (χ3v) is 3.31. The fraction of sp³-hybridized carbons (Fsp3) is 0.214. The van der Waals surface area contributed by atoms with Crippen LogP contribution in [0.5, 0.6) is 0 Å². The van der Waals surface area contributed by atoms with Crippen molar-refractivity contribution in [3.8, 4) is 0 Å². The number of benzene rings is 1. The van der Waals surface area contributed by atoms with Crippen LogP contribution in [0.2, 0.25) is 0 Å². The molecule has 0 aliphatic carbocycles. The highest BCUT2D eigenvalue weighted by Crippen LogP contribution is 2.15. The van der Waals surface area contributed by atoms with Crippen LogP contribution < -0.4 is 11.1 Å². The van der Waals surface area contributed by atoms with E-state index in [0.717, 1.165) is 11.4 Å². The number of amides is 1. The summed E-state index contributed by atoms with van der Waals surface area (Å²) in [6, 6.07) is 6.82. The summed E-state index contributed by atoms with van der Waals surface area (Å²) in [6.07, 6.45) is 3.46. The average molecular weight is 288 g/mol. The molecule has 5 nitrogen and oxygen atoms in total. The summed E-state index contributed by atoms with van der Waals surface area (Å²) >= 11 is 4.92. The number of carbonyl (C=O) groups excluding carboxylic acids is 1. The molecule has 1 unspecified atom stereocenters. The van der Waals surface area contributed by atoms with E-state index in [1.54, 1.807) is 36.7 Å². The zero-order chi connectivity index (χ0) is 14.7. The molecule has 0 aliphatic rings. The number of thiocarbonyl (C=S) groups is 1. The van der Waals surface area contributed by atoms with Crippen molar-refractivity contribution < 1.29 is 4.79 Å². The third kappa shape index (κ3) is 3.03. The Morgan fingerprint density at radius 3 is 2.85 bits per heavy atom. The van der Waals surface area contributed by atoms with Gasteiger partial charge in [-0.2, -0.15) is 0 Å². The minimum atomic E-state index is -0.342. The molecule has 3 N–H and O–H groups in total. The Kier molecular flexibility index (Phi) is 4.14. The van der Waals surface area contributed by atoms with E-state index in [4.69, 9.17) is 18.0 Å². The summed E-state index contributed by atoms with van der Waals surface area (Å²) < 4.78 is 1.81. The number of anilines is 1. The largest absolute Gasteiger partial charge is 0.389 e. The molecule has 0 saturated carbocycles. The summed E-state index contributed by atoms with van der Waals surface area (Å²) in [6.45, 7) is 3.68. The zero-order valence-corrected chi connectivity index (χ0v) is 12.1. The third-order valence-electron chi connectivity index (χ3n) is 3.07. The average Bonchev–Trinajstić information content (AvgIpc) is 2.84. The van der Waals surface area contributed by atoms with Gasteiger partial charge in [0.05, 0.1) is 0 Å². The van der Waals surface area contributed by atoms with Gasteiger partial charge in [-0.1, -0.05) is 24.4 Å². The van der Waals surface area contributed by atoms with Crippen molar-refractivity contribution in [1.82, 2.24) is 9.55 Å². The molecule has 1 amide bonds. The highest BCUT2D eigenvalue weighted by atomic mass is 32.1. The van der Waals surface area contributed by atoms with E-state index in [1.807, 2.05) is 18.4 Å². The molecule has 0 fully saturated rings. The zero-order valence-electron chi connectivity index (χ0n) is 11.3. The van der Waals surface area contributed by atoms with Crippen LogP contribution in [0.25, 0.3) is 0 Å². The van der Waals surface area contributed by atoms with Crippen LogP contribution in [0.3, 0.4) is 0 Å². The van der Waals surface area contributed by atoms with E-state index in [0.29, 0.717) is 10.7 Å². The van der Waals surface area contributed by atoms with Crippen molar-refractivity contribution >= 4 is 28.8 Å². The van der Waals surface area contributed by atoms with E-state index in [2.05, 4.69) is 10.3 Å². The van der Waals surface area contributed by atoms with E-state index in [1.165, 1.54) is 0 Å². The lowest BCUT2D eigenvalue weighted by molar-refractivity contribution is -0.118. The Balaban J connectivity index is 2.14. The normalized spacial score (nSPS) is 11.9. The first kappa shape index (κ1) is 14.2. The molecule has 2 aromatic rings. The van der Waals surface area contributed by atoms with E-state index in [9.17, 15) is 4.79 Å². The fourth-order valence-electron chi connectivity index (χ4n) is 1.92. The van der Waals surface area contributed by atoms with Crippen molar-refractivity contribution in [1.29, 1.82) is 0 Å². The second-order valence-corrected chi connectivity index (χ2v) is 4.93. The summed E-state index contributed by atoms with van der Waals surface area (Å²) in [5, 5.41) is 2.85. The van der Waals surface area contributed by atoms with Gasteiger partial charge in [0.1, 0.15) is 16.9 Å². The van der Waals surface area contributed by atoms with Gasteiger partial charge < -0.3 is 15.6 Å². The quantitative estimate of drug-likeness (QED) is 0.844. The minimum absolute atomic E-state index is 0.119. The number of rotatable bonds is 4. The summed E-state index contributed by atoms with van der Waals surface area (Å²) in [5.41, 5.74) is 6.97. The maximum absolute atomic E-state index is 12.2. The van der Waals surface area contributed by atoms with Gasteiger partial charge in [0.15, 0.2) is 0 Å². The summed E-state index contributed by atoms with van der Waals surface area (Å²) in [5.74, 6) is 0.677. The number of imidazole rings is 1. The molecule has 1 heterocycles. The Labute approximate surface area is 122 Å². The van der Waals surface area contributed by atoms with Crippen LogP contribution in [0.4, 0.5) is 5.69 Å². The van der Waals surface area contributed by atoms with Crippen molar-refractivity contribution in [3.05, 3.63) is 48.0 Å². The SMILES string of the molecule is Cc1nccn1C(C)C(=O)Nc1cccc(C(N)=S)c1. The number of hydrogen-bond donors (Lipinski definition) is 2. The Bertz CT molecular complexity index is 650. The Hall–Kier alpha value is -2.21. The molecule has 0 bridgehead atoms. The van der Waals surface area contributed by atoms with Crippen LogP contribution in [0.1, 0.15) is 24.4 Å². The van der Waals surface area contributed by atoms with Crippen molar-refractivity contribution in [2.24, 2.45) is 5.73 Å². The molecule has 0 aliphatic heterocycles. The number of nitrogens with zero attached hydrogens (tertiary/aromatic N) is 2.